The average Bonchev–Trinajstić information content (AvgIpc) is 2.70. The van der Waals surface area contributed by atoms with Gasteiger partial charge < -0.3 is 5.32 Å². The quantitative estimate of drug-likeness (QED) is 0.693. The van der Waals surface area contributed by atoms with Gasteiger partial charge in [0.25, 0.3) is 0 Å². The molecule has 3 nitrogen and oxygen atoms in total. The predicted octanol–water partition coefficient (Wildman–Crippen LogP) is 4.26. The topological polar surface area (TPSA) is 32.3 Å². The highest BCUT2D eigenvalue weighted by Gasteiger charge is 2.24. The van der Waals surface area contributed by atoms with Gasteiger partial charge in [0.1, 0.15) is 0 Å². The molecule has 0 saturated carbocycles. The number of hydrogen-bond donors (Lipinski definition) is 1. The third-order valence-electron chi connectivity index (χ3n) is 5.14. The average molecular weight is 383 g/mol. The zero-order chi connectivity index (χ0) is 18.9. The summed E-state index contributed by atoms with van der Waals surface area (Å²) in [5.74, 6) is 2.39. The van der Waals surface area contributed by atoms with Crippen molar-refractivity contribution in [3.05, 3.63) is 71.3 Å². The van der Waals surface area contributed by atoms with Crippen LogP contribution in [0.3, 0.4) is 0 Å². The number of aryl methyl sites for hydroxylation is 1. The lowest BCUT2D eigenvalue weighted by atomic mass is 9.95. The highest BCUT2D eigenvalue weighted by Crippen LogP contribution is 2.19. The maximum absolute atomic E-state index is 12.4. The van der Waals surface area contributed by atoms with Gasteiger partial charge in [-0.3, -0.25) is 9.69 Å². The summed E-state index contributed by atoms with van der Waals surface area (Å²) < 4.78 is 0. The first-order valence-corrected chi connectivity index (χ1v) is 11.0. The maximum atomic E-state index is 12.4. The molecule has 0 spiro atoms. The summed E-state index contributed by atoms with van der Waals surface area (Å²) in [7, 11) is 0. The van der Waals surface area contributed by atoms with E-state index in [1.54, 1.807) is 0 Å². The molecule has 1 aliphatic rings. The number of amides is 1. The van der Waals surface area contributed by atoms with Gasteiger partial charge >= 0.3 is 0 Å². The molecule has 0 aliphatic carbocycles. The van der Waals surface area contributed by atoms with Gasteiger partial charge in [0.05, 0.1) is 0 Å². The predicted molar refractivity (Wildman–Crippen MR) is 115 cm³/mol. The van der Waals surface area contributed by atoms with E-state index in [1.165, 1.54) is 16.7 Å². The minimum absolute atomic E-state index is 0.180. The molecule has 2 aromatic carbocycles. The minimum Gasteiger partial charge on any atom is -0.355 e. The Kier molecular flexibility index (Phi) is 7.79. The van der Waals surface area contributed by atoms with E-state index < -0.39 is 0 Å². The Morgan fingerprint density at radius 3 is 2.44 bits per heavy atom. The van der Waals surface area contributed by atoms with Crippen LogP contribution < -0.4 is 5.32 Å². The molecule has 1 saturated heterocycles. The molecule has 1 heterocycles. The van der Waals surface area contributed by atoms with Gasteiger partial charge in [-0.2, -0.15) is 11.8 Å². The molecule has 0 aromatic heterocycles. The van der Waals surface area contributed by atoms with Crippen LogP contribution in [0.4, 0.5) is 0 Å². The fourth-order valence-electron chi connectivity index (χ4n) is 3.46. The molecule has 3 rings (SSSR count). The minimum atomic E-state index is 0.180. The van der Waals surface area contributed by atoms with Crippen molar-refractivity contribution in [1.29, 1.82) is 0 Å². The van der Waals surface area contributed by atoms with Crippen LogP contribution >= 0.6 is 11.8 Å². The second-order valence-electron chi connectivity index (χ2n) is 7.37. The number of carbonyl (C=O) groups excluding carboxylic acids is 1. The highest BCUT2D eigenvalue weighted by atomic mass is 32.2. The van der Waals surface area contributed by atoms with Crippen molar-refractivity contribution in [2.24, 2.45) is 5.92 Å². The number of nitrogens with zero attached hydrogens (tertiary/aromatic N) is 1. The standard InChI is InChI=1S/C23H30N2OS/c1-19-7-9-21(10-8-19)18-27-16-13-24-23(26)22-11-14-25(15-12-22)17-20-5-3-2-4-6-20/h2-10,22H,11-18H2,1H3,(H,24,26). The molecule has 0 atom stereocenters. The Labute approximate surface area is 167 Å². The van der Waals surface area contributed by atoms with Gasteiger partial charge in [0.2, 0.25) is 5.91 Å². The van der Waals surface area contributed by atoms with E-state index in [1.807, 2.05) is 11.8 Å². The van der Waals surface area contributed by atoms with E-state index in [-0.39, 0.29) is 11.8 Å². The van der Waals surface area contributed by atoms with Crippen molar-refractivity contribution in [3.8, 4) is 0 Å². The molecule has 0 bridgehead atoms. The van der Waals surface area contributed by atoms with E-state index in [0.29, 0.717) is 0 Å². The zero-order valence-corrected chi connectivity index (χ0v) is 17.0. The lowest BCUT2D eigenvalue weighted by Gasteiger charge is -2.31. The van der Waals surface area contributed by atoms with Crippen molar-refractivity contribution >= 4 is 17.7 Å². The van der Waals surface area contributed by atoms with Crippen molar-refractivity contribution in [3.63, 3.8) is 0 Å². The molecule has 1 amide bonds. The first-order valence-electron chi connectivity index (χ1n) is 9.88. The van der Waals surface area contributed by atoms with Crippen LogP contribution in [0.25, 0.3) is 0 Å². The summed E-state index contributed by atoms with van der Waals surface area (Å²) >= 11 is 1.88. The van der Waals surface area contributed by atoms with Crippen LogP contribution in [-0.2, 0) is 17.1 Å². The van der Waals surface area contributed by atoms with Gasteiger partial charge in [-0.15, -0.1) is 0 Å². The summed E-state index contributed by atoms with van der Waals surface area (Å²) in [5.41, 5.74) is 4.00. The Morgan fingerprint density at radius 1 is 1.04 bits per heavy atom. The van der Waals surface area contributed by atoms with Crippen molar-refractivity contribution in [2.75, 3.05) is 25.4 Å². The fraction of sp³-hybridized carbons (Fsp3) is 0.435. The fourth-order valence-corrected chi connectivity index (χ4v) is 4.28. The van der Waals surface area contributed by atoms with E-state index in [4.69, 9.17) is 0 Å². The van der Waals surface area contributed by atoms with Crippen LogP contribution in [-0.4, -0.2) is 36.2 Å². The maximum Gasteiger partial charge on any atom is 0.223 e. The first-order chi connectivity index (χ1) is 13.2. The smallest absolute Gasteiger partial charge is 0.223 e. The van der Waals surface area contributed by atoms with E-state index in [0.717, 1.165) is 50.5 Å². The molecular weight excluding hydrogens is 352 g/mol. The van der Waals surface area contributed by atoms with Crippen LogP contribution in [0.1, 0.15) is 29.5 Å². The van der Waals surface area contributed by atoms with Gasteiger partial charge in [-0.25, -0.2) is 0 Å². The second-order valence-corrected chi connectivity index (χ2v) is 8.47. The molecule has 4 heteroatoms. The Morgan fingerprint density at radius 2 is 1.74 bits per heavy atom. The van der Waals surface area contributed by atoms with E-state index in [2.05, 4.69) is 71.7 Å². The third kappa shape index (κ3) is 6.71. The molecule has 27 heavy (non-hydrogen) atoms. The number of carbonyl (C=O) groups is 1. The Bertz CT molecular complexity index is 694. The highest BCUT2D eigenvalue weighted by molar-refractivity contribution is 7.98. The lowest BCUT2D eigenvalue weighted by Crippen LogP contribution is -2.40. The monoisotopic (exact) mass is 382 g/mol. The lowest BCUT2D eigenvalue weighted by molar-refractivity contribution is -0.126. The number of rotatable bonds is 8. The summed E-state index contributed by atoms with van der Waals surface area (Å²) in [6.07, 6.45) is 1.93. The van der Waals surface area contributed by atoms with Crippen LogP contribution in [0, 0.1) is 12.8 Å². The zero-order valence-electron chi connectivity index (χ0n) is 16.2. The number of hydrogen-bond acceptors (Lipinski definition) is 3. The number of thioether (sulfide) groups is 1. The molecule has 144 valence electrons. The Hall–Kier alpha value is -1.78. The number of nitrogens with one attached hydrogen (secondary N) is 1. The van der Waals surface area contributed by atoms with Crippen LogP contribution in [0.5, 0.6) is 0 Å². The van der Waals surface area contributed by atoms with Crippen molar-refractivity contribution in [2.45, 2.75) is 32.1 Å². The van der Waals surface area contributed by atoms with Crippen LogP contribution in [0.2, 0.25) is 0 Å². The molecule has 1 fully saturated rings. The van der Waals surface area contributed by atoms with Gasteiger partial charge in [-0.05, 0) is 44.0 Å². The number of piperidine rings is 1. The second kappa shape index (κ2) is 10.5. The SMILES string of the molecule is Cc1ccc(CSCCNC(=O)C2CCN(Cc3ccccc3)CC2)cc1. The molecule has 1 N–H and O–H groups in total. The van der Waals surface area contributed by atoms with Gasteiger partial charge in [0, 0.05) is 30.5 Å². The van der Waals surface area contributed by atoms with E-state index >= 15 is 0 Å². The van der Waals surface area contributed by atoms with Gasteiger partial charge in [-0.1, -0.05) is 60.2 Å². The molecule has 1 aliphatic heterocycles. The Balaban J connectivity index is 1.28. The third-order valence-corrected chi connectivity index (χ3v) is 6.17. The summed E-state index contributed by atoms with van der Waals surface area (Å²) in [4.78, 5) is 14.8. The van der Waals surface area contributed by atoms with Gasteiger partial charge in [0.15, 0.2) is 0 Å². The largest absolute Gasteiger partial charge is 0.355 e. The first kappa shape index (κ1) is 20.0. The van der Waals surface area contributed by atoms with Crippen molar-refractivity contribution in [1.82, 2.24) is 10.2 Å². The summed E-state index contributed by atoms with van der Waals surface area (Å²) in [6.45, 7) is 5.88. The molecule has 0 radical (unpaired) electrons. The number of benzene rings is 2. The van der Waals surface area contributed by atoms with Crippen LogP contribution in [0.15, 0.2) is 54.6 Å². The summed E-state index contributed by atoms with van der Waals surface area (Å²) in [6, 6.07) is 19.3. The normalized spacial score (nSPS) is 15.6. The molecular formula is C23H30N2OS. The van der Waals surface area contributed by atoms with E-state index in [9.17, 15) is 4.79 Å². The van der Waals surface area contributed by atoms with Crippen molar-refractivity contribution < 1.29 is 4.79 Å². The molecule has 0 unspecified atom stereocenters. The summed E-state index contributed by atoms with van der Waals surface area (Å²) in [5, 5.41) is 3.13. The molecule has 2 aromatic rings. The number of likely N-dealkylation sites (tertiary alicyclic amines) is 1.